The number of aryl methyl sites for hydroxylation is 1. The van der Waals surface area contributed by atoms with Crippen LogP contribution in [0.15, 0.2) is 12.3 Å². The Kier molecular flexibility index (Phi) is 4.02. The SMILES string of the molecule is Cc1ccnc(NCCNC(=O)C2CCC2)c1N. The Bertz CT molecular complexity index is 429. The van der Waals surface area contributed by atoms with Gasteiger partial charge in [0.2, 0.25) is 5.91 Å². The number of carbonyl (C=O) groups excluding carboxylic acids is 1. The smallest absolute Gasteiger partial charge is 0.223 e. The molecule has 1 saturated carbocycles. The highest BCUT2D eigenvalue weighted by Gasteiger charge is 2.24. The van der Waals surface area contributed by atoms with E-state index in [9.17, 15) is 4.79 Å². The number of rotatable bonds is 5. The minimum Gasteiger partial charge on any atom is -0.396 e. The molecule has 0 atom stereocenters. The third-order valence-corrected chi connectivity index (χ3v) is 3.40. The van der Waals surface area contributed by atoms with Gasteiger partial charge in [-0.15, -0.1) is 0 Å². The van der Waals surface area contributed by atoms with Gasteiger partial charge in [-0.05, 0) is 31.4 Å². The van der Waals surface area contributed by atoms with Crippen LogP contribution < -0.4 is 16.4 Å². The molecular weight excluding hydrogens is 228 g/mol. The van der Waals surface area contributed by atoms with Crippen LogP contribution in [0.25, 0.3) is 0 Å². The van der Waals surface area contributed by atoms with Gasteiger partial charge in [0.1, 0.15) is 5.82 Å². The second-order valence-electron chi connectivity index (χ2n) is 4.74. The molecule has 5 nitrogen and oxygen atoms in total. The van der Waals surface area contributed by atoms with E-state index >= 15 is 0 Å². The first kappa shape index (κ1) is 12.7. The van der Waals surface area contributed by atoms with E-state index in [1.807, 2.05) is 13.0 Å². The first-order valence-electron chi connectivity index (χ1n) is 6.41. The summed E-state index contributed by atoms with van der Waals surface area (Å²) in [5.41, 5.74) is 7.57. The quantitative estimate of drug-likeness (QED) is 0.686. The lowest BCUT2D eigenvalue weighted by Gasteiger charge is -2.24. The van der Waals surface area contributed by atoms with Gasteiger partial charge in [0, 0.05) is 25.2 Å². The molecule has 1 heterocycles. The third kappa shape index (κ3) is 2.91. The second kappa shape index (κ2) is 5.71. The van der Waals surface area contributed by atoms with Crippen molar-refractivity contribution in [1.82, 2.24) is 10.3 Å². The molecule has 18 heavy (non-hydrogen) atoms. The normalized spacial score (nSPS) is 14.9. The van der Waals surface area contributed by atoms with E-state index in [1.54, 1.807) is 6.20 Å². The van der Waals surface area contributed by atoms with Crippen LogP contribution in [0.3, 0.4) is 0 Å². The van der Waals surface area contributed by atoms with Gasteiger partial charge in [0.05, 0.1) is 5.69 Å². The first-order valence-corrected chi connectivity index (χ1v) is 6.41. The number of pyridine rings is 1. The van der Waals surface area contributed by atoms with E-state index in [1.165, 1.54) is 6.42 Å². The summed E-state index contributed by atoms with van der Waals surface area (Å²) in [5.74, 6) is 1.10. The molecular formula is C13H20N4O. The fraction of sp³-hybridized carbons (Fsp3) is 0.538. The molecule has 0 unspecified atom stereocenters. The zero-order chi connectivity index (χ0) is 13.0. The van der Waals surface area contributed by atoms with Gasteiger partial charge < -0.3 is 16.4 Å². The molecule has 0 radical (unpaired) electrons. The minimum atomic E-state index is 0.174. The number of aromatic nitrogens is 1. The molecule has 1 aliphatic rings. The number of hydrogen-bond donors (Lipinski definition) is 3. The summed E-state index contributed by atoms with van der Waals surface area (Å²) in [4.78, 5) is 15.7. The van der Waals surface area contributed by atoms with Crippen molar-refractivity contribution in [2.24, 2.45) is 5.92 Å². The molecule has 0 bridgehead atoms. The fourth-order valence-corrected chi connectivity index (χ4v) is 1.89. The maximum Gasteiger partial charge on any atom is 0.223 e. The molecule has 0 spiro atoms. The van der Waals surface area contributed by atoms with Gasteiger partial charge in [-0.3, -0.25) is 4.79 Å². The third-order valence-electron chi connectivity index (χ3n) is 3.40. The van der Waals surface area contributed by atoms with Crippen molar-refractivity contribution in [3.05, 3.63) is 17.8 Å². The van der Waals surface area contributed by atoms with Crippen LogP contribution in [0, 0.1) is 12.8 Å². The summed E-state index contributed by atoms with van der Waals surface area (Å²) in [7, 11) is 0. The Balaban J connectivity index is 1.71. The number of hydrogen-bond acceptors (Lipinski definition) is 4. The van der Waals surface area contributed by atoms with Gasteiger partial charge in [0.15, 0.2) is 0 Å². The highest BCUT2D eigenvalue weighted by atomic mass is 16.1. The number of nitrogens with zero attached hydrogens (tertiary/aromatic N) is 1. The lowest BCUT2D eigenvalue weighted by Crippen LogP contribution is -2.37. The summed E-state index contributed by atoms with van der Waals surface area (Å²) in [6.45, 7) is 3.18. The molecule has 1 aliphatic carbocycles. The van der Waals surface area contributed by atoms with Crippen LogP contribution >= 0.6 is 0 Å². The first-order chi connectivity index (χ1) is 8.68. The van der Waals surface area contributed by atoms with Crippen molar-refractivity contribution in [1.29, 1.82) is 0 Å². The van der Waals surface area contributed by atoms with Crippen molar-refractivity contribution < 1.29 is 4.79 Å². The number of nitrogens with one attached hydrogen (secondary N) is 2. The van der Waals surface area contributed by atoms with E-state index < -0.39 is 0 Å². The van der Waals surface area contributed by atoms with Crippen LogP contribution in [0.4, 0.5) is 11.5 Å². The molecule has 0 aromatic carbocycles. The van der Waals surface area contributed by atoms with E-state index in [2.05, 4.69) is 15.6 Å². The van der Waals surface area contributed by atoms with Gasteiger partial charge in [-0.1, -0.05) is 6.42 Å². The van der Waals surface area contributed by atoms with Crippen LogP contribution in [0.2, 0.25) is 0 Å². The van der Waals surface area contributed by atoms with Crippen molar-refractivity contribution in [3.8, 4) is 0 Å². The monoisotopic (exact) mass is 248 g/mol. The highest BCUT2D eigenvalue weighted by Crippen LogP contribution is 2.26. The molecule has 5 heteroatoms. The fourth-order valence-electron chi connectivity index (χ4n) is 1.89. The van der Waals surface area contributed by atoms with Crippen LogP contribution in [-0.2, 0) is 4.79 Å². The lowest BCUT2D eigenvalue weighted by molar-refractivity contribution is -0.127. The molecule has 1 aromatic rings. The van der Waals surface area contributed by atoms with Crippen molar-refractivity contribution in [2.75, 3.05) is 24.1 Å². The summed E-state index contributed by atoms with van der Waals surface area (Å²) < 4.78 is 0. The van der Waals surface area contributed by atoms with Crippen LogP contribution in [-0.4, -0.2) is 24.0 Å². The van der Waals surface area contributed by atoms with Crippen molar-refractivity contribution in [3.63, 3.8) is 0 Å². The summed E-state index contributed by atoms with van der Waals surface area (Å²) >= 11 is 0. The number of carbonyl (C=O) groups is 1. The molecule has 0 saturated heterocycles. The van der Waals surface area contributed by atoms with E-state index in [0.717, 1.165) is 18.4 Å². The van der Waals surface area contributed by atoms with Gasteiger partial charge in [0.25, 0.3) is 0 Å². The molecule has 98 valence electrons. The number of anilines is 2. The topological polar surface area (TPSA) is 80.0 Å². The minimum absolute atomic E-state index is 0.174. The number of nitrogen functional groups attached to an aromatic ring is 1. The van der Waals surface area contributed by atoms with Crippen LogP contribution in [0.1, 0.15) is 24.8 Å². The average molecular weight is 248 g/mol. The maximum absolute atomic E-state index is 11.6. The summed E-state index contributed by atoms with van der Waals surface area (Å²) in [6, 6.07) is 1.87. The van der Waals surface area contributed by atoms with Gasteiger partial charge in [-0.2, -0.15) is 0 Å². The predicted octanol–water partition coefficient (Wildman–Crippen LogP) is 1.30. The number of nitrogens with two attached hydrogens (primary N) is 1. The molecule has 1 fully saturated rings. The largest absolute Gasteiger partial charge is 0.396 e. The Morgan fingerprint density at radius 3 is 2.94 bits per heavy atom. The zero-order valence-electron chi connectivity index (χ0n) is 10.7. The van der Waals surface area contributed by atoms with E-state index in [0.29, 0.717) is 24.6 Å². The molecule has 0 aliphatic heterocycles. The molecule has 2 rings (SSSR count). The average Bonchev–Trinajstić information content (AvgIpc) is 2.27. The summed E-state index contributed by atoms with van der Waals surface area (Å²) in [5, 5.41) is 6.05. The Labute approximate surface area is 107 Å². The van der Waals surface area contributed by atoms with E-state index in [4.69, 9.17) is 5.73 Å². The molecule has 1 aromatic heterocycles. The highest BCUT2D eigenvalue weighted by molar-refractivity contribution is 5.79. The Morgan fingerprint density at radius 1 is 1.50 bits per heavy atom. The van der Waals surface area contributed by atoms with Gasteiger partial charge >= 0.3 is 0 Å². The Hall–Kier alpha value is -1.78. The predicted molar refractivity (Wildman–Crippen MR) is 72.2 cm³/mol. The van der Waals surface area contributed by atoms with Crippen LogP contribution in [0.5, 0.6) is 0 Å². The van der Waals surface area contributed by atoms with Crippen molar-refractivity contribution in [2.45, 2.75) is 26.2 Å². The lowest BCUT2D eigenvalue weighted by atomic mass is 9.85. The molecule has 4 N–H and O–H groups in total. The van der Waals surface area contributed by atoms with Crippen molar-refractivity contribution >= 4 is 17.4 Å². The molecule has 1 amide bonds. The van der Waals surface area contributed by atoms with E-state index in [-0.39, 0.29) is 11.8 Å². The number of amides is 1. The maximum atomic E-state index is 11.6. The standard InChI is InChI=1S/C13H20N4O/c1-9-5-6-15-12(11(9)14)16-7-8-17-13(18)10-3-2-4-10/h5-6,10H,2-4,7-8,14H2,1H3,(H,15,16)(H,17,18). The second-order valence-corrected chi connectivity index (χ2v) is 4.74. The zero-order valence-corrected chi connectivity index (χ0v) is 10.7. The van der Waals surface area contributed by atoms with Gasteiger partial charge in [-0.25, -0.2) is 4.98 Å². The Morgan fingerprint density at radius 2 is 2.28 bits per heavy atom. The summed E-state index contributed by atoms with van der Waals surface area (Å²) in [6.07, 6.45) is 4.97.